The van der Waals surface area contributed by atoms with Crippen LogP contribution < -0.4 is 10.1 Å². The molecule has 0 atom stereocenters. The second-order valence-corrected chi connectivity index (χ2v) is 7.26. The summed E-state index contributed by atoms with van der Waals surface area (Å²) < 4.78 is 21.4. The topological polar surface area (TPSA) is 69.0 Å². The molecule has 1 aromatic carbocycles. The normalized spacial score (nSPS) is 11.0. The van der Waals surface area contributed by atoms with Gasteiger partial charge < -0.3 is 10.1 Å². The van der Waals surface area contributed by atoms with Crippen LogP contribution in [0.1, 0.15) is 15.4 Å². The van der Waals surface area contributed by atoms with Crippen molar-refractivity contribution in [2.75, 3.05) is 7.05 Å². The number of aryl methyl sites for hydroxylation is 1. The Labute approximate surface area is 168 Å². The first-order valence-electron chi connectivity index (χ1n) is 8.26. The Morgan fingerprint density at radius 2 is 2.18 bits per heavy atom. The standard InChI is InChI=1S/C19H14ClFN4O2S/c1-10-15(27-17-13(20)4-3-5-14(17)21)6-11-8-23-25(18(11)24-10)12-7-16(28-9-12)19(26)22-2/h3-9H,1-2H3,(H,22,26)/i21-1. The number of carbonyl (C=O) groups excluding carboxylic acids is 1. The zero-order chi connectivity index (χ0) is 19.8. The van der Waals surface area contributed by atoms with Gasteiger partial charge in [-0.15, -0.1) is 11.3 Å². The van der Waals surface area contributed by atoms with Crippen molar-refractivity contribution in [1.82, 2.24) is 20.1 Å². The summed E-state index contributed by atoms with van der Waals surface area (Å²) in [5, 5.41) is 9.67. The third-order valence-corrected chi connectivity index (χ3v) is 5.31. The van der Waals surface area contributed by atoms with Crippen molar-refractivity contribution in [1.29, 1.82) is 0 Å². The zero-order valence-electron chi connectivity index (χ0n) is 14.9. The van der Waals surface area contributed by atoms with Gasteiger partial charge in [-0.1, -0.05) is 17.7 Å². The smallest absolute Gasteiger partial charge is 0.261 e. The summed E-state index contributed by atoms with van der Waals surface area (Å²) in [6.45, 7) is 1.75. The van der Waals surface area contributed by atoms with Crippen molar-refractivity contribution < 1.29 is 13.9 Å². The van der Waals surface area contributed by atoms with E-state index in [2.05, 4.69) is 15.4 Å². The van der Waals surface area contributed by atoms with E-state index in [0.717, 1.165) is 5.69 Å². The van der Waals surface area contributed by atoms with E-state index in [-0.39, 0.29) is 16.7 Å². The van der Waals surface area contributed by atoms with Gasteiger partial charge in [0.05, 0.1) is 27.5 Å². The van der Waals surface area contributed by atoms with Gasteiger partial charge in [0.15, 0.2) is 17.2 Å². The first kappa shape index (κ1) is 18.4. The molecule has 1 amide bonds. The molecule has 0 saturated heterocycles. The molecule has 0 bridgehead atoms. The highest BCUT2D eigenvalue weighted by atomic mass is 35.5. The maximum Gasteiger partial charge on any atom is 0.261 e. The molecule has 9 heteroatoms. The summed E-state index contributed by atoms with van der Waals surface area (Å²) in [5.74, 6) is -0.374. The Kier molecular flexibility index (Phi) is 4.74. The van der Waals surface area contributed by atoms with Crippen molar-refractivity contribution in [3.8, 4) is 17.2 Å². The lowest BCUT2D eigenvalue weighted by Gasteiger charge is -2.11. The van der Waals surface area contributed by atoms with E-state index >= 15 is 0 Å². The van der Waals surface area contributed by atoms with Gasteiger partial charge in [-0.2, -0.15) is 5.10 Å². The molecule has 4 rings (SSSR count). The number of benzene rings is 1. The van der Waals surface area contributed by atoms with Crippen molar-refractivity contribution in [2.24, 2.45) is 0 Å². The Bertz CT molecular complexity index is 1180. The molecule has 6 nitrogen and oxygen atoms in total. The first-order chi connectivity index (χ1) is 13.5. The van der Waals surface area contributed by atoms with Gasteiger partial charge >= 0.3 is 0 Å². The second-order valence-electron chi connectivity index (χ2n) is 5.94. The number of fused-ring (bicyclic) bond motifs is 1. The number of pyridine rings is 1. The molecule has 142 valence electrons. The van der Waals surface area contributed by atoms with Crippen LogP contribution in [0.25, 0.3) is 16.7 Å². The first-order valence-corrected chi connectivity index (χ1v) is 9.52. The fraction of sp³-hybridized carbons (Fsp3) is 0.105. The lowest BCUT2D eigenvalue weighted by Crippen LogP contribution is -2.16. The summed E-state index contributed by atoms with van der Waals surface area (Å²) in [6, 6.07) is 7.82. The minimum absolute atomic E-state index is 0.0473. The maximum absolute atomic E-state index is 14.0. The van der Waals surface area contributed by atoms with Gasteiger partial charge in [0.25, 0.3) is 5.91 Å². The van der Waals surface area contributed by atoms with E-state index in [9.17, 15) is 9.18 Å². The molecule has 0 spiro atoms. The van der Waals surface area contributed by atoms with Gasteiger partial charge in [-0.25, -0.2) is 14.1 Å². The van der Waals surface area contributed by atoms with Crippen LogP contribution in [-0.2, 0) is 0 Å². The number of para-hydroxylation sites is 1. The van der Waals surface area contributed by atoms with Gasteiger partial charge in [-0.3, -0.25) is 4.79 Å². The number of halogens is 2. The molecule has 28 heavy (non-hydrogen) atoms. The van der Waals surface area contributed by atoms with Gasteiger partial charge in [-0.05, 0) is 31.2 Å². The number of thiophene rings is 1. The maximum atomic E-state index is 14.0. The fourth-order valence-corrected chi connectivity index (χ4v) is 3.70. The van der Waals surface area contributed by atoms with Crippen LogP contribution in [-0.4, -0.2) is 27.7 Å². The summed E-state index contributed by atoms with van der Waals surface area (Å²) >= 11 is 7.36. The number of hydrogen-bond acceptors (Lipinski definition) is 5. The fourth-order valence-electron chi connectivity index (χ4n) is 2.69. The molecule has 0 aliphatic carbocycles. The van der Waals surface area contributed by atoms with Crippen LogP contribution in [0.4, 0.5) is 4.39 Å². The van der Waals surface area contributed by atoms with Crippen molar-refractivity contribution in [3.63, 3.8) is 0 Å². The van der Waals surface area contributed by atoms with Crippen LogP contribution in [0, 0.1) is 12.7 Å². The van der Waals surface area contributed by atoms with Crippen LogP contribution >= 0.6 is 22.9 Å². The predicted molar refractivity (Wildman–Crippen MR) is 106 cm³/mol. The number of hydrogen-bond donors (Lipinski definition) is 1. The monoisotopic (exact) mass is 415 g/mol. The molecule has 0 aliphatic heterocycles. The minimum Gasteiger partial charge on any atom is -0.451 e. The van der Waals surface area contributed by atoms with E-state index in [0.29, 0.717) is 27.4 Å². The number of amides is 1. The van der Waals surface area contributed by atoms with Crippen LogP contribution in [0.2, 0.25) is 5.02 Å². The largest absolute Gasteiger partial charge is 0.451 e. The average molecular weight is 416 g/mol. The van der Waals surface area contributed by atoms with E-state index < -0.39 is 5.82 Å². The van der Waals surface area contributed by atoms with Crippen LogP contribution in [0.5, 0.6) is 11.5 Å². The second kappa shape index (κ2) is 7.21. The lowest BCUT2D eigenvalue weighted by atomic mass is 10.2. The summed E-state index contributed by atoms with van der Waals surface area (Å²) in [7, 11) is 1.58. The number of rotatable bonds is 4. The van der Waals surface area contributed by atoms with Gasteiger partial charge in [0, 0.05) is 17.8 Å². The minimum atomic E-state index is -0.553. The third kappa shape index (κ3) is 3.21. The molecule has 0 fully saturated rings. The summed E-state index contributed by atoms with van der Waals surface area (Å²) in [4.78, 5) is 16.9. The Morgan fingerprint density at radius 3 is 2.93 bits per heavy atom. The van der Waals surface area contributed by atoms with Crippen molar-refractivity contribution >= 4 is 39.9 Å². The van der Waals surface area contributed by atoms with Crippen molar-refractivity contribution in [3.05, 3.63) is 63.3 Å². The Balaban J connectivity index is 1.73. The van der Waals surface area contributed by atoms with Gasteiger partial charge in [0.1, 0.15) is 5.75 Å². The van der Waals surface area contributed by atoms with E-state index in [4.69, 9.17) is 16.3 Å². The number of nitrogens with one attached hydrogen (secondary N) is 1. The Morgan fingerprint density at radius 1 is 1.36 bits per heavy atom. The predicted octanol–water partition coefficient (Wildman–Crippen LogP) is 4.73. The molecule has 1 N–H and O–H groups in total. The average Bonchev–Trinajstić information content (AvgIpc) is 3.31. The van der Waals surface area contributed by atoms with Gasteiger partial charge in [0.2, 0.25) is 0 Å². The Hall–Kier alpha value is -2.97. The molecule has 4 aromatic rings. The van der Waals surface area contributed by atoms with E-state index in [1.807, 2.05) is 5.38 Å². The molecular formula is C19H14ClFN4O2S. The third-order valence-electron chi connectivity index (χ3n) is 4.10. The number of carbonyl (C=O) groups is 1. The number of ether oxygens (including phenoxy) is 1. The summed E-state index contributed by atoms with van der Waals surface area (Å²) in [6.07, 6.45) is 1.63. The number of nitrogens with zero attached hydrogens (tertiary/aromatic N) is 3. The molecule has 3 heterocycles. The molecule has 0 aliphatic rings. The highest BCUT2D eigenvalue weighted by Gasteiger charge is 2.16. The molecule has 0 saturated carbocycles. The SMILES string of the molecule is CNC(=O)c1cc(-n2ncc3cc(Oc4c([18F])cccc4Cl)c(C)nc32)cs1. The van der Waals surface area contributed by atoms with E-state index in [1.54, 1.807) is 43.0 Å². The quantitative estimate of drug-likeness (QED) is 0.523. The molecule has 0 radical (unpaired) electrons. The highest BCUT2D eigenvalue weighted by Crippen LogP contribution is 2.34. The van der Waals surface area contributed by atoms with Crippen LogP contribution in [0.3, 0.4) is 0 Å². The van der Waals surface area contributed by atoms with Crippen molar-refractivity contribution in [2.45, 2.75) is 6.92 Å². The molecule has 3 aromatic heterocycles. The summed E-state index contributed by atoms with van der Waals surface area (Å²) in [5.41, 5.74) is 1.89. The molecule has 0 unspecified atom stereocenters. The number of aromatic nitrogens is 3. The molecular weight excluding hydrogens is 402 g/mol. The van der Waals surface area contributed by atoms with E-state index in [1.165, 1.54) is 23.5 Å². The zero-order valence-corrected chi connectivity index (χ0v) is 16.4. The van der Waals surface area contributed by atoms with Crippen LogP contribution in [0.15, 0.2) is 41.9 Å². The lowest BCUT2D eigenvalue weighted by molar-refractivity contribution is 0.0967. The highest BCUT2D eigenvalue weighted by molar-refractivity contribution is 7.12.